The number of anilines is 2. The number of pyridine rings is 1. The molecule has 118 valence electrons. The van der Waals surface area contributed by atoms with E-state index in [4.69, 9.17) is 17.3 Å². The lowest BCUT2D eigenvalue weighted by atomic mass is 9.96. The van der Waals surface area contributed by atoms with Gasteiger partial charge in [-0.05, 0) is 12.8 Å². The molecule has 1 atom stereocenters. The summed E-state index contributed by atoms with van der Waals surface area (Å²) in [5.74, 6) is 2.19. The number of nitrogens with two attached hydrogens (primary N) is 1. The van der Waals surface area contributed by atoms with Gasteiger partial charge in [-0.15, -0.1) is 10.2 Å². The van der Waals surface area contributed by atoms with Crippen LogP contribution in [0, 0.1) is 0 Å². The maximum Gasteiger partial charge on any atom is 0.158 e. The Bertz CT molecular complexity index is 673. The van der Waals surface area contributed by atoms with Crippen LogP contribution in [0.15, 0.2) is 12.3 Å². The smallest absolute Gasteiger partial charge is 0.158 e. The first-order valence-corrected chi connectivity index (χ1v) is 7.63. The fraction of sp³-hybridized carbons (Fsp3) is 0.500. The number of aliphatic hydroxyl groups excluding tert-OH is 1. The van der Waals surface area contributed by atoms with E-state index in [1.165, 1.54) is 0 Å². The molecule has 0 bridgehead atoms. The Morgan fingerprint density at radius 3 is 3.00 bits per heavy atom. The van der Waals surface area contributed by atoms with Crippen molar-refractivity contribution in [2.75, 3.05) is 23.7 Å². The normalized spacial score (nSPS) is 18.7. The number of nitrogen functional groups attached to an aromatic ring is 1. The first kappa shape index (κ1) is 15.1. The molecule has 0 aromatic carbocycles. The van der Waals surface area contributed by atoms with E-state index in [2.05, 4.69) is 20.1 Å². The van der Waals surface area contributed by atoms with Crippen molar-refractivity contribution < 1.29 is 5.11 Å². The van der Waals surface area contributed by atoms with Gasteiger partial charge in [-0.25, -0.2) is 4.98 Å². The average molecular weight is 323 g/mol. The largest absolute Gasteiger partial charge is 0.388 e. The quantitative estimate of drug-likeness (QED) is 0.885. The third kappa shape index (κ3) is 2.74. The lowest BCUT2D eigenvalue weighted by Gasteiger charge is -2.34. The van der Waals surface area contributed by atoms with Crippen molar-refractivity contribution in [1.82, 2.24) is 19.7 Å². The van der Waals surface area contributed by atoms with Gasteiger partial charge in [-0.3, -0.25) is 0 Å². The van der Waals surface area contributed by atoms with E-state index < -0.39 is 0 Å². The Morgan fingerprint density at radius 1 is 1.45 bits per heavy atom. The van der Waals surface area contributed by atoms with Crippen LogP contribution in [-0.2, 0) is 13.7 Å². The van der Waals surface area contributed by atoms with Crippen LogP contribution in [-0.4, -0.2) is 37.9 Å². The molecule has 3 rings (SSSR count). The van der Waals surface area contributed by atoms with E-state index >= 15 is 0 Å². The molecule has 3 N–H and O–H groups in total. The van der Waals surface area contributed by atoms with Crippen LogP contribution in [0.25, 0.3) is 0 Å². The minimum atomic E-state index is -0.105. The maximum atomic E-state index is 9.26. The Kier molecular flexibility index (Phi) is 4.17. The number of aromatic nitrogens is 4. The highest BCUT2D eigenvalue weighted by molar-refractivity contribution is 6.33. The Balaban J connectivity index is 1.85. The lowest BCUT2D eigenvalue weighted by molar-refractivity contribution is 0.266. The van der Waals surface area contributed by atoms with Crippen LogP contribution in [0.4, 0.5) is 11.5 Å². The third-order valence-electron chi connectivity index (χ3n) is 4.12. The summed E-state index contributed by atoms with van der Waals surface area (Å²) in [7, 11) is 1.89. The Morgan fingerprint density at radius 2 is 2.27 bits per heavy atom. The molecule has 0 radical (unpaired) electrons. The summed E-state index contributed by atoms with van der Waals surface area (Å²) in [6, 6.07) is 1.81. The molecule has 0 spiro atoms. The number of halogens is 1. The highest BCUT2D eigenvalue weighted by Gasteiger charge is 2.27. The number of rotatable bonds is 3. The van der Waals surface area contributed by atoms with E-state index in [-0.39, 0.29) is 12.5 Å². The number of aliphatic hydroxyl groups is 1. The van der Waals surface area contributed by atoms with Gasteiger partial charge in [0, 0.05) is 38.3 Å². The van der Waals surface area contributed by atoms with Crippen molar-refractivity contribution in [3.05, 3.63) is 28.9 Å². The standard InChI is InChI=1S/C14H19ClN6O/c1-20-13(8-22)18-19-14(20)9-3-2-4-21(7-9)11-5-12(16)17-6-10(11)15/h5-6,9,22H,2-4,7-8H2,1H3,(H2,16,17). The zero-order valence-corrected chi connectivity index (χ0v) is 13.2. The second-order valence-electron chi connectivity index (χ2n) is 5.54. The van der Waals surface area contributed by atoms with Gasteiger partial charge in [0.05, 0.1) is 10.7 Å². The topological polar surface area (TPSA) is 93.1 Å². The van der Waals surface area contributed by atoms with Crippen molar-refractivity contribution >= 4 is 23.1 Å². The van der Waals surface area contributed by atoms with E-state index in [9.17, 15) is 5.11 Å². The number of nitrogens with zero attached hydrogens (tertiary/aromatic N) is 5. The third-order valence-corrected chi connectivity index (χ3v) is 4.41. The minimum absolute atomic E-state index is 0.105. The van der Waals surface area contributed by atoms with Crippen molar-refractivity contribution in [3.63, 3.8) is 0 Å². The molecule has 22 heavy (non-hydrogen) atoms. The monoisotopic (exact) mass is 322 g/mol. The lowest BCUT2D eigenvalue weighted by Crippen LogP contribution is -2.35. The Hall–Kier alpha value is -1.86. The molecule has 3 heterocycles. The first-order chi connectivity index (χ1) is 10.6. The van der Waals surface area contributed by atoms with Crippen LogP contribution in [0.3, 0.4) is 0 Å². The molecule has 0 aliphatic carbocycles. The number of hydrogen-bond donors (Lipinski definition) is 2. The van der Waals surface area contributed by atoms with E-state index in [1.54, 1.807) is 12.3 Å². The van der Waals surface area contributed by atoms with E-state index in [1.807, 2.05) is 11.6 Å². The van der Waals surface area contributed by atoms with Gasteiger partial charge in [-0.1, -0.05) is 11.6 Å². The van der Waals surface area contributed by atoms with Gasteiger partial charge in [-0.2, -0.15) is 0 Å². The maximum absolute atomic E-state index is 9.26. The molecule has 8 heteroatoms. The number of piperidine rings is 1. The molecule has 1 aliphatic heterocycles. The van der Waals surface area contributed by atoms with Crippen LogP contribution in [0.1, 0.15) is 30.4 Å². The predicted molar refractivity (Wildman–Crippen MR) is 84.8 cm³/mol. The van der Waals surface area contributed by atoms with Crippen molar-refractivity contribution in [3.8, 4) is 0 Å². The van der Waals surface area contributed by atoms with E-state index in [0.717, 1.165) is 37.4 Å². The molecule has 1 fully saturated rings. The number of hydrogen-bond acceptors (Lipinski definition) is 6. The predicted octanol–water partition coefficient (Wildman–Crippen LogP) is 1.32. The molecule has 2 aromatic rings. The van der Waals surface area contributed by atoms with Gasteiger partial charge in [0.1, 0.15) is 18.2 Å². The summed E-state index contributed by atoms with van der Waals surface area (Å²) in [5, 5.41) is 18.1. The summed E-state index contributed by atoms with van der Waals surface area (Å²) in [4.78, 5) is 6.22. The van der Waals surface area contributed by atoms with Crippen molar-refractivity contribution in [1.29, 1.82) is 0 Å². The van der Waals surface area contributed by atoms with Gasteiger partial charge in [0.15, 0.2) is 5.82 Å². The minimum Gasteiger partial charge on any atom is -0.388 e. The van der Waals surface area contributed by atoms with Gasteiger partial charge in [0.2, 0.25) is 0 Å². The fourth-order valence-corrected chi connectivity index (χ4v) is 3.18. The molecule has 7 nitrogen and oxygen atoms in total. The fourth-order valence-electron chi connectivity index (χ4n) is 2.96. The van der Waals surface area contributed by atoms with Crippen LogP contribution < -0.4 is 10.6 Å². The second kappa shape index (κ2) is 6.10. The van der Waals surface area contributed by atoms with Gasteiger partial charge < -0.3 is 20.3 Å². The van der Waals surface area contributed by atoms with Gasteiger partial charge in [0.25, 0.3) is 0 Å². The average Bonchev–Trinajstić information content (AvgIpc) is 2.90. The summed E-state index contributed by atoms with van der Waals surface area (Å²) in [5.41, 5.74) is 6.68. The van der Waals surface area contributed by atoms with Crippen molar-refractivity contribution in [2.45, 2.75) is 25.4 Å². The highest BCUT2D eigenvalue weighted by Crippen LogP contribution is 2.33. The summed E-state index contributed by atoms with van der Waals surface area (Å²) < 4.78 is 1.87. The second-order valence-corrected chi connectivity index (χ2v) is 5.94. The Labute approximate surface area is 133 Å². The highest BCUT2D eigenvalue weighted by atomic mass is 35.5. The molecular weight excluding hydrogens is 304 g/mol. The van der Waals surface area contributed by atoms with Crippen LogP contribution >= 0.6 is 11.6 Å². The van der Waals surface area contributed by atoms with E-state index in [0.29, 0.717) is 16.7 Å². The molecule has 0 amide bonds. The molecule has 1 saturated heterocycles. The van der Waals surface area contributed by atoms with Crippen LogP contribution in [0.2, 0.25) is 5.02 Å². The first-order valence-electron chi connectivity index (χ1n) is 7.25. The van der Waals surface area contributed by atoms with Crippen molar-refractivity contribution in [2.24, 2.45) is 7.05 Å². The zero-order chi connectivity index (χ0) is 15.7. The summed E-state index contributed by atoms with van der Waals surface area (Å²) in [6.07, 6.45) is 3.65. The van der Waals surface area contributed by atoms with Gasteiger partial charge >= 0.3 is 0 Å². The SMILES string of the molecule is Cn1c(CO)nnc1C1CCCN(c2cc(N)ncc2Cl)C1. The molecule has 1 unspecified atom stereocenters. The summed E-state index contributed by atoms with van der Waals surface area (Å²) >= 11 is 6.26. The zero-order valence-electron chi connectivity index (χ0n) is 12.4. The molecule has 2 aromatic heterocycles. The molecule has 1 aliphatic rings. The molecule has 0 saturated carbocycles. The molecular formula is C14H19ClN6O. The van der Waals surface area contributed by atoms with Crippen LogP contribution in [0.5, 0.6) is 0 Å². The summed E-state index contributed by atoms with van der Waals surface area (Å²) in [6.45, 7) is 1.61.